The number of carbonyl (C=O) groups is 1. The number of aryl methyl sites for hydroxylation is 1. The highest BCUT2D eigenvalue weighted by Crippen LogP contribution is 2.18. The van der Waals surface area contributed by atoms with Crippen LogP contribution in [0, 0.1) is 12.8 Å². The molecule has 1 aromatic carbocycles. The number of nitrogens with zero attached hydrogens (tertiary/aromatic N) is 1. The first-order valence-electron chi connectivity index (χ1n) is 6.63. The maximum Gasteiger partial charge on any atom is 0.253 e. The molecular formula is C15H24N2O2. The number of rotatable bonds is 5. The lowest BCUT2D eigenvalue weighted by molar-refractivity contribution is 0.0789. The minimum atomic E-state index is -0.0425. The predicted octanol–water partition coefficient (Wildman–Crippen LogP) is 2.15. The van der Waals surface area contributed by atoms with E-state index in [1.165, 1.54) is 0 Å². The number of aromatic hydroxyl groups is 1. The first-order chi connectivity index (χ1) is 8.82. The highest BCUT2D eigenvalue weighted by molar-refractivity contribution is 5.94. The lowest BCUT2D eigenvalue weighted by Gasteiger charge is -2.21. The van der Waals surface area contributed by atoms with Gasteiger partial charge in [0, 0.05) is 25.2 Å². The second kappa shape index (κ2) is 6.57. The molecule has 106 valence electrons. The molecule has 0 heterocycles. The molecule has 3 N–H and O–H groups in total. The van der Waals surface area contributed by atoms with E-state index in [1.54, 1.807) is 37.1 Å². The van der Waals surface area contributed by atoms with Crippen LogP contribution in [0.2, 0.25) is 0 Å². The molecule has 0 bridgehead atoms. The molecule has 19 heavy (non-hydrogen) atoms. The summed E-state index contributed by atoms with van der Waals surface area (Å²) in [5, 5.41) is 9.46. The SMILES string of the molecule is Cc1cc(C(=O)N(C)CCC(N)C(C)C)ccc1O. The number of phenolic OH excluding ortho intramolecular Hbond substituents is 1. The third kappa shape index (κ3) is 4.24. The molecule has 0 radical (unpaired) electrons. The Kier molecular flexibility index (Phi) is 5.36. The van der Waals surface area contributed by atoms with Gasteiger partial charge in [-0.25, -0.2) is 0 Å². The van der Waals surface area contributed by atoms with Crippen LogP contribution in [0.3, 0.4) is 0 Å². The highest BCUT2D eigenvalue weighted by atomic mass is 16.3. The topological polar surface area (TPSA) is 66.6 Å². The Hall–Kier alpha value is -1.55. The fourth-order valence-corrected chi connectivity index (χ4v) is 1.79. The molecule has 0 saturated carbocycles. The molecule has 0 saturated heterocycles. The van der Waals surface area contributed by atoms with Gasteiger partial charge < -0.3 is 15.7 Å². The van der Waals surface area contributed by atoms with Crippen LogP contribution in [0.4, 0.5) is 0 Å². The Morgan fingerprint density at radius 2 is 2.05 bits per heavy atom. The van der Waals surface area contributed by atoms with Crippen LogP contribution < -0.4 is 5.73 Å². The lowest BCUT2D eigenvalue weighted by atomic mass is 10.0. The number of benzene rings is 1. The van der Waals surface area contributed by atoms with Crippen molar-refractivity contribution in [3.8, 4) is 5.75 Å². The molecule has 0 fully saturated rings. The number of carbonyl (C=O) groups excluding carboxylic acids is 1. The quantitative estimate of drug-likeness (QED) is 0.856. The molecule has 0 aliphatic heterocycles. The van der Waals surface area contributed by atoms with Gasteiger partial charge >= 0.3 is 0 Å². The molecule has 4 nitrogen and oxygen atoms in total. The average Bonchev–Trinajstić information content (AvgIpc) is 2.37. The Morgan fingerprint density at radius 1 is 1.42 bits per heavy atom. The maximum atomic E-state index is 12.2. The van der Waals surface area contributed by atoms with Crippen molar-refractivity contribution in [2.24, 2.45) is 11.7 Å². The molecule has 1 amide bonds. The van der Waals surface area contributed by atoms with Crippen molar-refractivity contribution < 1.29 is 9.90 Å². The molecule has 4 heteroatoms. The summed E-state index contributed by atoms with van der Waals surface area (Å²) in [6.07, 6.45) is 0.789. The first-order valence-corrected chi connectivity index (χ1v) is 6.63. The number of amides is 1. The van der Waals surface area contributed by atoms with E-state index in [-0.39, 0.29) is 17.7 Å². The Bertz CT molecular complexity index is 444. The lowest BCUT2D eigenvalue weighted by Crippen LogP contribution is -2.34. The molecule has 0 spiro atoms. The standard InChI is InChI=1S/C15H24N2O2/c1-10(2)13(16)7-8-17(4)15(19)12-5-6-14(18)11(3)9-12/h5-6,9-10,13,18H,7-8,16H2,1-4H3. The third-order valence-corrected chi connectivity index (χ3v) is 3.44. The van der Waals surface area contributed by atoms with E-state index in [1.807, 2.05) is 0 Å². The van der Waals surface area contributed by atoms with Crippen LogP contribution in [0.25, 0.3) is 0 Å². The number of nitrogens with two attached hydrogens (primary N) is 1. The van der Waals surface area contributed by atoms with Gasteiger partial charge in [0.25, 0.3) is 5.91 Å². The van der Waals surface area contributed by atoms with Crippen LogP contribution >= 0.6 is 0 Å². The van der Waals surface area contributed by atoms with Crippen molar-refractivity contribution >= 4 is 5.91 Å². The molecule has 0 aliphatic carbocycles. The number of hydrogen-bond donors (Lipinski definition) is 2. The molecule has 1 aromatic rings. The van der Waals surface area contributed by atoms with Crippen LogP contribution in [-0.4, -0.2) is 35.5 Å². The van der Waals surface area contributed by atoms with Crippen molar-refractivity contribution in [1.29, 1.82) is 0 Å². The van der Waals surface area contributed by atoms with Gasteiger partial charge in [-0.2, -0.15) is 0 Å². The average molecular weight is 264 g/mol. The smallest absolute Gasteiger partial charge is 0.253 e. The molecule has 0 aromatic heterocycles. The Balaban J connectivity index is 2.64. The van der Waals surface area contributed by atoms with E-state index >= 15 is 0 Å². The van der Waals surface area contributed by atoms with Gasteiger partial charge in [-0.1, -0.05) is 13.8 Å². The maximum absolute atomic E-state index is 12.2. The fraction of sp³-hybridized carbons (Fsp3) is 0.533. The monoisotopic (exact) mass is 264 g/mol. The van der Waals surface area contributed by atoms with Gasteiger partial charge in [0.1, 0.15) is 5.75 Å². The van der Waals surface area contributed by atoms with Crippen LogP contribution in [-0.2, 0) is 0 Å². The molecule has 1 rings (SSSR count). The summed E-state index contributed by atoms with van der Waals surface area (Å²) in [5.74, 6) is 0.583. The summed E-state index contributed by atoms with van der Waals surface area (Å²) in [6, 6.07) is 5.01. The minimum Gasteiger partial charge on any atom is -0.508 e. The summed E-state index contributed by atoms with van der Waals surface area (Å²) in [7, 11) is 1.78. The van der Waals surface area contributed by atoms with Crippen molar-refractivity contribution in [3.05, 3.63) is 29.3 Å². The van der Waals surface area contributed by atoms with Crippen molar-refractivity contribution in [2.75, 3.05) is 13.6 Å². The zero-order valence-corrected chi connectivity index (χ0v) is 12.2. The van der Waals surface area contributed by atoms with Gasteiger partial charge in [0.15, 0.2) is 0 Å². The summed E-state index contributed by atoms with van der Waals surface area (Å²) in [4.78, 5) is 13.9. The third-order valence-electron chi connectivity index (χ3n) is 3.44. The van der Waals surface area contributed by atoms with E-state index in [2.05, 4.69) is 13.8 Å². The molecule has 0 aliphatic rings. The van der Waals surface area contributed by atoms with E-state index in [4.69, 9.17) is 5.73 Å². The first kappa shape index (κ1) is 15.5. The van der Waals surface area contributed by atoms with Gasteiger partial charge in [-0.3, -0.25) is 4.79 Å². The van der Waals surface area contributed by atoms with E-state index in [0.29, 0.717) is 23.6 Å². The highest BCUT2D eigenvalue weighted by Gasteiger charge is 2.15. The van der Waals surface area contributed by atoms with Crippen LogP contribution in [0.15, 0.2) is 18.2 Å². The zero-order chi connectivity index (χ0) is 14.6. The normalized spacial score (nSPS) is 12.5. The van der Waals surface area contributed by atoms with E-state index < -0.39 is 0 Å². The largest absolute Gasteiger partial charge is 0.508 e. The molecule has 1 unspecified atom stereocenters. The van der Waals surface area contributed by atoms with Crippen LogP contribution in [0.5, 0.6) is 5.75 Å². The van der Waals surface area contributed by atoms with Gasteiger partial charge in [-0.15, -0.1) is 0 Å². The van der Waals surface area contributed by atoms with E-state index in [0.717, 1.165) is 6.42 Å². The number of phenols is 1. The zero-order valence-electron chi connectivity index (χ0n) is 12.2. The fourth-order valence-electron chi connectivity index (χ4n) is 1.79. The Morgan fingerprint density at radius 3 is 2.58 bits per heavy atom. The summed E-state index contributed by atoms with van der Waals surface area (Å²) < 4.78 is 0. The summed E-state index contributed by atoms with van der Waals surface area (Å²) in [5.41, 5.74) is 7.28. The van der Waals surface area contributed by atoms with Gasteiger partial charge in [-0.05, 0) is 43.0 Å². The van der Waals surface area contributed by atoms with E-state index in [9.17, 15) is 9.90 Å². The second-order valence-corrected chi connectivity index (χ2v) is 5.42. The predicted molar refractivity (Wildman–Crippen MR) is 77.2 cm³/mol. The van der Waals surface area contributed by atoms with Crippen molar-refractivity contribution in [2.45, 2.75) is 33.2 Å². The number of hydrogen-bond acceptors (Lipinski definition) is 3. The van der Waals surface area contributed by atoms with Crippen molar-refractivity contribution in [3.63, 3.8) is 0 Å². The second-order valence-electron chi connectivity index (χ2n) is 5.42. The van der Waals surface area contributed by atoms with Gasteiger partial charge in [0.05, 0.1) is 0 Å². The van der Waals surface area contributed by atoms with Crippen molar-refractivity contribution in [1.82, 2.24) is 4.90 Å². The summed E-state index contributed by atoms with van der Waals surface area (Å²) >= 11 is 0. The minimum absolute atomic E-state index is 0.0425. The summed E-state index contributed by atoms with van der Waals surface area (Å²) in [6.45, 7) is 6.57. The molecule has 1 atom stereocenters. The molecular weight excluding hydrogens is 240 g/mol. The van der Waals surface area contributed by atoms with Gasteiger partial charge in [0.2, 0.25) is 0 Å². The van der Waals surface area contributed by atoms with Crippen LogP contribution in [0.1, 0.15) is 36.2 Å². The Labute approximate surface area is 115 Å².